The Bertz CT molecular complexity index is 1220. The molecule has 2 heteroatoms. The van der Waals surface area contributed by atoms with Gasteiger partial charge in [0.25, 0.3) is 0 Å². The number of hydrogen-bond donors (Lipinski definition) is 1. The fourth-order valence-electron chi connectivity index (χ4n) is 8.90. The van der Waals surface area contributed by atoms with Gasteiger partial charge >= 0.3 is 0 Å². The summed E-state index contributed by atoms with van der Waals surface area (Å²) < 4.78 is 0. The molecule has 2 aliphatic carbocycles. The number of unbranched alkanes of at least 4 members (excludes halogenated alkanes) is 9. The van der Waals surface area contributed by atoms with Crippen LogP contribution in [0.2, 0.25) is 0 Å². The summed E-state index contributed by atoms with van der Waals surface area (Å²) in [6, 6.07) is 9.54. The summed E-state index contributed by atoms with van der Waals surface area (Å²) in [4.78, 5) is 2.68. The third-order valence-corrected chi connectivity index (χ3v) is 12.0. The maximum Gasteiger partial charge on any atom is -0.00187 e. The zero-order valence-corrected chi connectivity index (χ0v) is 35.1. The van der Waals surface area contributed by atoms with Crippen molar-refractivity contribution < 1.29 is 0 Å². The Balaban J connectivity index is 0.00000358. The first kappa shape index (κ1) is 44.2. The number of allylic oxidation sites excluding steroid dienone is 9. The highest BCUT2D eigenvalue weighted by Crippen LogP contribution is 2.46. The molecule has 52 heavy (non-hydrogen) atoms. The van der Waals surface area contributed by atoms with Crippen LogP contribution >= 0.6 is 0 Å². The van der Waals surface area contributed by atoms with Crippen LogP contribution in [0.25, 0.3) is 11.6 Å². The van der Waals surface area contributed by atoms with Gasteiger partial charge in [0.1, 0.15) is 0 Å². The molecule has 1 aromatic carbocycles. The summed E-state index contributed by atoms with van der Waals surface area (Å²) in [7, 11) is 0. The first-order valence-corrected chi connectivity index (χ1v) is 22.6. The van der Waals surface area contributed by atoms with Gasteiger partial charge in [0.2, 0.25) is 0 Å². The van der Waals surface area contributed by atoms with Gasteiger partial charge in [0.05, 0.1) is 0 Å². The van der Waals surface area contributed by atoms with E-state index < -0.39 is 0 Å². The summed E-state index contributed by atoms with van der Waals surface area (Å²) in [6.45, 7) is 20.0. The standard InChI is InChI=1S/C48H76N2.C2H6/c1-5-7-18-33-49-34-19-13-9-8-11-16-23-42-25-29-45(30-26-42)48(41(4)47-39-40(3)38-44(47)6-2)46-31-27-43(28-32-46)24-17-12-10-14-20-35-50-36-21-15-22-37-50;1-2/h16-17,23-27,29-31,40,44,47,49H,5-15,18-22,28,32-39H2,1-4H3;1-2H3/b23-16-,24-17?,48-41+;. The van der Waals surface area contributed by atoms with E-state index in [1.807, 2.05) is 13.8 Å². The highest BCUT2D eigenvalue weighted by molar-refractivity contribution is 5.83. The molecule has 3 atom stereocenters. The van der Waals surface area contributed by atoms with Crippen molar-refractivity contribution in [1.82, 2.24) is 10.2 Å². The molecule has 292 valence electrons. The van der Waals surface area contributed by atoms with Crippen molar-refractivity contribution in [2.45, 2.75) is 170 Å². The normalized spacial score (nSPS) is 21.6. The zero-order valence-electron chi connectivity index (χ0n) is 35.1. The van der Waals surface area contributed by atoms with Crippen LogP contribution in [0.3, 0.4) is 0 Å². The third kappa shape index (κ3) is 16.5. The summed E-state index contributed by atoms with van der Waals surface area (Å²) in [5, 5.41) is 3.60. The maximum absolute atomic E-state index is 3.60. The zero-order chi connectivity index (χ0) is 37.2. The topological polar surface area (TPSA) is 15.3 Å². The van der Waals surface area contributed by atoms with Gasteiger partial charge in [-0.15, -0.1) is 0 Å². The second-order valence-corrected chi connectivity index (χ2v) is 16.2. The number of nitrogens with zero attached hydrogens (tertiary/aromatic N) is 1. The van der Waals surface area contributed by atoms with Crippen LogP contribution in [0.4, 0.5) is 0 Å². The summed E-state index contributed by atoms with van der Waals surface area (Å²) >= 11 is 0. The van der Waals surface area contributed by atoms with Crippen LogP contribution in [-0.4, -0.2) is 37.6 Å². The Morgan fingerprint density at radius 3 is 2.10 bits per heavy atom. The van der Waals surface area contributed by atoms with Crippen LogP contribution in [0, 0.1) is 17.8 Å². The van der Waals surface area contributed by atoms with E-state index >= 15 is 0 Å². The van der Waals surface area contributed by atoms with E-state index in [0.29, 0.717) is 5.92 Å². The third-order valence-electron chi connectivity index (χ3n) is 12.0. The lowest BCUT2D eigenvalue weighted by Crippen LogP contribution is -2.30. The lowest BCUT2D eigenvalue weighted by atomic mass is 9.79. The molecule has 0 bridgehead atoms. The average molecular weight is 711 g/mol. The molecule has 1 aliphatic heterocycles. The summed E-state index contributed by atoms with van der Waals surface area (Å²) in [6.07, 6.45) is 40.8. The van der Waals surface area contributed by atoms with E-state index in [9.17, 15) is 0 Å². The van der Waals surface area contributed by atoms with E-state index in [4.69, 9.17) is 0 Å². The second kappa shape index (κ2) is 27.4. The van der Waals surface area contributed by atoms with Crippen molar-refractivity contribution in [3.63, 3.8) is 0 Å². The largest absolute Gasteiger partial charge is 0.317 e. The van der Waals surface area contributed by atoms with Crippen molar-refractivity contribution in [2.75, 3.05) is 32.7 Å². The Morgan fingerprint density at radius 1 is 0.750 bits per heavy atom. The Morgan fingerprint density at radius 2 is 1.42 bits per heavy atom. The summed E-state index contributed by atoms with van der Waals surface area (Å²) in [5.74, 6) is 2.37. The Labute approximate surface area is 323 Å². The van der Waals surface area contributed by atoms with Crippen molar-refractivity contribution >= 4 is 11.6 Å². The number of rotatable bonds is 23. The number of hydrogen-bond acceptors (Lipinski definition) is 2. The smallest absolute Gasteiger partial charge is 0.00187 e. The van der Waals surface area contributed by atoms with Crippen molar-refractivity contribution in [2.24, 2.45) is 17.8 Å². The Kier molecular flexibility index (Phi) is 23.3. The van der Waals surface area contributed by atoms with Gasteiger partial charge in [-0.1, -0.05) is 146 Å². The molecular formula is C50H82N2. The van der Waals surface area contributed by atoms with Crippen molar-refractivity contribution in [3.05, 3.63) is 82.5 Å². The Hall–Kier alpha value is -2.16. The van der Waals surface area contributed by atoms with Gasteiger partial charge in [-0.2, -0.15) is 0 Å². The molecule has 3 aliphatic rings. The predicted octanol–water partition coefficient (Wildman–Crippen LogP) is 14.6. The lowest BCUT2D eigenvalue weighted by Gasteiger charge is -2.26. The quantitative estimate of drug-likeness (QED) is 0.114. The monoisotopic (exact) mass is 711 g/mol. The lowest BCUT2D eigenvalue weighted by molar-refractivity contribution is 0.224. The van der Waals surface area contributed by atoms with Crippen LogP contribution < -0.4 is 5.32 Å². The van der Waals surface area contributed by atoms with E-state index in [1.54, 1.807) is 16.7 Å². The highest BCUT2D eigenvalue weighted by atomic mass is 15.1. The van der Waals surface area contributed by atoms with Gasteiger partial charge in [0.15, 0.2) is 0 Å². The van der Waals surface area contributed by atoms with Gasteiger partial charge in [-0.05, 0) is 169 Å². The molecule has 3 unspecified atom stereocenters. The minimum absolute atomic E-state index is 0.711. The first-order chi connectivity index (χ1) is 25.6. The van der Waals surface area contributed by atoms with Crippen LogP contribution in [0.15, 0.2) is 71.4 Å². The van der Waals surface area contributed by atoms with E-state index in [-0.39, 0.29) is 0 Å². The molecule has 4 rings (SSSR count). The predicted molar refractivity (Wildman–Crippen MR) is 234 cm³/mol. The average Bonchev–Trinajstić information content (AvgIpc) is 3.58. The molecular weight excluding hydrogens is 629 g/mol. The van der Waals surface area contributed by atoms with Gasteiger partial charge < -0.3 is 10.2 Å². The minimum Gasteiger partial charge on any atom is -0.317 e. The van der Waals surface area contributed by atoms with Crippen molar-refractivity contribution in [1.29, 1.82) is 0 Å². The molecule has 2 nitrogen and oxygen atoms in total. The number of nitrogens with one attached hydrogen (secondary N) is 1. The van der Waals surface area contributed by atoms with Gasteiger partial charge in [-0.3, -0.25) is 0 Å². The van der Waals surface area contributed by atoms with Crippen molar-refractivity contribution in [3.8, 4) is 0 Å². The number of benzene rings is 1. The van der Waals surface area contributed by atoms with Crippen LogP contribution in [0.5, 0.6) is 0 Å². The van der Waals surface area contributed by atoms with Crippen LogP contribution in [-0.2, 0) is 0 Å². The fourth-order valence-corrected chi connectivity index (χ4v) is 8.90. The molecule has 1 saturated heterocycles. The van der Waals surface area contributed by atoms with Crippen LogP contribution in [0.1, 0.15) is 181 Å². The highest BCUT2D eigenvalue weighted by Gasteiger charge is 2.33. The van der Waals surface area contributed by atoms with E-state index in [1.165, 1.54) is 165 Å². The minimum atomic E-state index is 0.711. The fraction of sp³-hybridized carbons (Fsp3) is 0.680. The summed E-state index contributed by atoms with van der Waals surface area (Å²) in [5.41, 5.74) is 8.99. The molecule has 1 heterocycles. The van der Waals surface area contributed by atoms with E-state index in [0.717, 1.165) is 24.7 Å². The van der Waals surface area contributed by atoms with Gasteiger partial charge in [0, 0.05) is 0 Å². The molecule has 2 fully saturated rings. The number of likely N-dealkylation sites (tertiary alicyclic amines) is 1. The molecule has 0 amide bonds. The molecule has 1 aromatic rings. The van der Waals surface area contributed by atoms with Gasteiger partial charge in [-0.25, -0.2) is 0 Å². The first-order valence-electron chi connectivity index (χ1n) is 22.6. The molecule has 0 spiro atoms. The molecule has 1 saturated carbocycles. The maximum atomic E-state index is 3.60. The van der Waals surface area contributed by atoms with E-state index in [2.05, 4.69) is 98.6 Å². The second-order valence-electron chi connectivity index (χ2n) is 16.2. The molecule has 0 aromatic heterocycles. The number of piperidine rings is 1. The molecule has 1 N–H and O–H groups in total. The molecule has 0 radical (unpaired) electrons. The SMILES string of the molecule is CC.CCCCCNCCCCCC/C=C\c1ccc(/C(C2=CC=C(C=CCCCCCN3CCCCC3)CC2)=C(/C)C2CC(C)CC2CC)cc1.